The highest BCUT2D eigenvalue weighted by atomic mass is 35.5. The second kappa shape index (κ2) is 8.70. The predicted molar refractivity (Wildman–Crippen MR) is 87.6 cm³/mol. The third-order valence-electron chi connectivity index (χ3n) is 3.89. The Morgan fingerprint density at radius 3 is 2.86 bits per heavy atom. The summed E-state index contributed by atoms with van der Waals surface area (Å²) >= 11 is 0. The van der Waals surface area contributed by atoms with Crippen LogP contribution in [0.25, 0.3) is 0 Å². The molecule has 1 aliphatic heterocycles. The number of rotatable bonds is 5. The Bertz CT molecular complexity index is 531. The van der Waals surface area contributed by atoms with Crippen LogP contribution in [0.15, 0.2) is 18.2 Å². The molecule has 122 valence electrons. The van der Waals surface area contributed by atoms with Crippen molar-refractivity contribution >= 4 is 24.0 Å². The van der Waals surface area contributed by atoms with Crippen molar-refractivity contribution in [2.24, 2.45) is 5.92 Å². The van der Waals surface area contributed by atoms with Gasteiger partial charge in [-0.15, -0.1) is 12.4 Å². The Balaban J connectivity index is 0.00000242. The van der Waals surface area contributed by atoms with Crippen LogP contribution in [0.3, 0.4) is 0 Å². The molecular weight excluding hydrogens is 306 g/mol. The number of aryl methyl sites for hydroxylation is 1. The van der Waals surface area contributed by atoms with Gasteiger partial charge in [0.05, 0.1) is 4.92 Å². The van der Waals surface area contributed by atoms with Crippen LogP contribution >= 0.6 is 12.4 Å². The molecule has 0 radical (unpaired) electrons. The molecule has 1 aromatic rings. The van der Waals surface area contributed by atoms with Gasteiger partial charge < -0.3 is 10.6 Å². The first-order valence-electron chi connectivity index (χ1n) is 7.32. The standard InChI is InChI=1S/C15H21N3O3.ClH/c1-11-9-13(4-5-14(11)18(20)21)15(19)17-8-6-12-3-2-7-16-10-12;/h4-5,9,12,16H,2-3,6-8,10H2,1H3,(H,17,19);1H. The van der Waals surface area contributed by atoms with Crippen LogP contribution in [-0.2, 0) is 0 Å². The highest BCUT2D eigenvalue weighted by Gasteiger charge is 2.15. The fraction of sp³-hybridized carbons (Fsp3) is 0.533. The van der Waals surface area contributed by atoms with Crippen LogP contribution in [0.2, 0.25) is 0 Å². The van der Waals surface area contributed by atoms with Gasteiger partial charge in [-0.1, -0.05) is 0 Å². The summed E-state index contributed by atoms with van der Waals surface area (Å²) in [6.07, 6.45) is 3.37. The minimum atomic E-state index is -0.437. The van der Waals surface area contributed by atoms with Crippen LogP contribution < -0.4 is 10.6 Å². The minimum Gasteiger partial charge on any atom is -0.352 e. The molecule has 0 aliphatic carbocycles. The van der Waals surface area contributed by atoms with Crippen molar-refractivity contribution in [2.75, 3.05) is 19.6 Å². The van der Waals surface area contributed by atoms with Gasteiger partial charge >= 0.3 is 0 Å². The maximum atomic E-state index is 12.0. The zero-order valence-corrected chi connectivity index (χ0v) is 13.4. The Labute approximate surface area is 136 Å². The first-order valence-corrected chi connectivity index (χ1v) is 7.32. The predicted octanol–water partition coefficient (Wildman–Crippen LogP) is 2.44. The normalized spacial score (nSPS) is 17.4. The van der Waals surface area contributed by atoms with Crippen molar-refractivity contribution in [3.8, 4) is 0 Å². The van der Waals surface area contributed by atoms with Crippen molar-refractivity contribution in [2.45, 2.75) is 26.2 Å². The van der Waals surface area contributed by atoms with E-state index in [2.05, 4.69) is 10.6 Å². The molecular formula is C15H22ClN3O3. The molecule has 2 N–H and O–H groups in total. The Kier molecular flexibility index (Phi) is 7.27. The van der Waals surface area contributed by atoms with E-state index in [4.69, 9.17) is 0 Å². The molecule has 1 amide bonds. The molecule has 1 atom stereocenters. The number of hydrogen-bond donors (Lipinski definition) is 2. The number of hydrogen-bond acceptors (Lipinski definition) is 4. The summed E-state index contributed by atoms with van der Waals surface area (Å²) in [5.74, 6) is 0.453. The summed E-state index contributed by atoms with van der Waals surface area (Å²) in [7, 11) is 0. The topological polar surface area (TPSA) is 84.3 Å². The smallest absolute Gasteiger partial charge is 0.272 e. The van der Waals surface area contributed by atoms with Crippen LogP contribution in [0.4, 0.5) is 5.69 Å². The lowest BCUT2D eigenvalue weighted by molar-refractivity contribution is -0.385. The van der Waals surface area contributed by atoms with Gasteiger partial charge in [-0.05, 0) is 57.3 Å². The van der Waals surface area contributed by atoms with E-state index in [-0.39, 0.29) is 24.0 Å². The summed E-state index contributed by atoms with van der Waals surface area (Å²) in [5.41, 5.74) is 1.02. The number of halogens is 1. The van der Waals surface area contributed by atoms with Crippen LogP contribution in [-0.4, -0.2) is 30.5 Å². The van der Waals surface area contributed by atoms with Gasteiger partial charge in [0.1, 0.15) is 0 Å². The van der Waals surface area contributed by atoms with Gasteiger partial charge in [0.2, 0.25) is 0 Å². The summed E-state index contributed by atoms with van der Waals surface area (Å²) < 4.78 is 0. The number of nitro groups is 1. The van der Waals surface area contributed by atoms with Crippen molar-refractivity contribution in [1.29, 1.82) is 0 Å². The van der Waals surface area contributed by atoms with Gasteiger partial charge in [-0.25, -0.2) is 0 Å². The molecule has 1 aliphatic rings. The van der Waals surface area contributed by atoms with Gasteiger partial charge in [0.15, 0.2) is 0 Å². The fourth-order valence-electron chi connectivity index (χ4n) is 2.66. The molecule has 22 heavy (non-hydrogen) atoms. The average molecular weight is 328 g/mol. The van der Waals surface area contributed by atoms with E-state index >= 15 is 0 Å². The molecule has 1 saturated heterocycles. The van der Waals surface area contributed by atoms with E-state index < -0.39 is 4.92 Å². The molecule has 7 heteroatoms. The van der Waals surface area contributed by atoms with E-state index in [0.717, 1.165) is 19.5 Å². The van der Waals surface area contributed by atoms with Crippen LogP contribution in [0.5, 0.6) is 0 Å². The highest BCUT2D eigenvalue weighted by Crippen LogP contribution is 2.19. The second-order valence-corrected chi connectivity index (χ2v) is 5.52. The largest absolute Gasteiger partial charge is 0.352 e. The number of nitro benzene ring substituents is 1. The molecule has 1 heterocycles. The zero-order chi connectivity index (χ0) is 15.2. The number of piperidine rings is 1. The van der Waals surface area contributed by atoms with E-state index in [1.165, 1.54) is 25.0 Å². The average Bonchev–Trinajstić information content (AvgIpc) is 2.47. The Hall–Kier alpha value is -1.66. The number of amides is 1. The SMILES string of the molecule is Cc1cc(C(=O)NCCC2CCCNC2)ccc1[N+](=O)[O-].Cl. The first-order chi connectivity index (χ1) is 10.1. The monoisotopic (exact) mass is 327 g/mol. The first kappa shape index (κ1) is 18.4. The Morgan fingerprint density at radius 1 is 1.50 bits per heavy atom. The van der Waals surface area contributed by atoms with Crippen molar-refractivity contribution in [1.82, 2.24) is 10.6 Å². The Morgan fingerprint density at radius 2 is 2.27 bits per heavy atom. The minimum absolute atomic E-state index is 0. The second-order valence-electron chi connectivity index (χ2n) is 5.52. The molecule has 0 spiro atoms. The van der Waals surface area contributed by atoms with Crippen molar-refractivity contribution in [3.05, 3.63) is 39.4 Å². The third kappa shape index (κ3) is 4.96. The molecule has 0 bridgehead atoms. The summed E-state index contributed by atoms with van der Waals surface area (Å²) in [4.78, 5) is 22.3. The van der Waals surface area contributed by atoms with Gasteiger partial charge in [0, 0.05) is 23.7 Å². The lowest BCUT2D eigenvalue weighted by atomic mass is 9.96. The molecule has 1 fully saturated rings. The number of carbonyl (C=O) groups excluding carboxylic acids is 1. The summed E-state index contributed by atoms with van der Waals surface area (Å²) in [6.45, 7) is 4.39. The van der Waals surface area contributed by atoms with E-state index in [9.17, 15) is 14.9 Å². The van der Waals surface area contributed by atoms with Gasteiger partial charge in [-0.3, -0.25) is 14.9 Å². The van der Waals surface area contributed by atoms with Crippen molar-refractivity contribution < 1.29 is 9.72 Å². The lowest BCUT2D eigenvalue weighted by Gasteiger charge is -2.22. The quantitative estimate of drug-likeness (QED) is 0.642. The van der Waals surface area contributed by atoms with Crippen LogP contribution in [0.1, 0.15) is 35.2 Å². The molecule has 6 nitrogen and oxygen atoms in total. The number of nitrogens with one attached hydrogen (secondary N) is 2. The summed E-state index contributed by atoms with van der Waals surface area (Å²) in [6, 6.07) is 4.45. The molecule has 0 aromatic heterocycles. The highest BCUT2D eigenvalue weighted by molar-refractivity contribution is 5.94. The maximum Gasteiger partial charge on any atom is 0.272 e. The van der Waals surface area contributed by atoms with Gasteiger partial charge in [0.25, 0.3) is 11.6 Å². The summed E-state index contributed by atoms with van der Waals surface area (Å²) in [5, 5.41) is 17.0. The van der Waals surface area contributed by atoms with E-state index in [1.54, 1.807) is 13.0 Å². The number of carbonyl (C=O) groups is 1. The number of nitrogens with zero attached hydrogens (tertiary/aromatic N) is 1. The van der Waals surface area contributed by atoms with Gasteiger partial charge in [-0.2, -0.15) is 0 Å². The van der Waals surface area contributed by atoms with Crippen molar-refractivity contribution in [3.63, 3.8) is 0 Å². The molecule has 1 aromatic carbocycles. The molecule has 0 saturated carbocycles. The molecule has 2 rings (SSSR count). The fourth-order valence-corrected chi connectivity index (χ4v) is 2.66. The lowest BCUT2D eigenvalue weighted by Crippen LogP contribution is -2.33. The third-order valence-corrected chi connectivity index (χ3v) is 3.89. The maximum absolute atomic E-state index is 12.0. The van der Waals surface area contributed by atoms with E-state index in [0.29, 0.717) is 23.6 Å². The molecule has 1 unspecified atom stereocenters. The zero-order valence-electron chi connectivity index (χ0n) is 12.6. The van der Waals surface area contributed by atoms with E-state index in [1.807, 2.05) is 0 Å². The number of benzene rings is 1. The van der Waals surface area contributed by atoms with Crippen LogP contribution in [0, 0.1) is 23.0 Å².